The quantitative estimate of drug-likeness (QED) is 0.376. The zero-order chi connectivity index (χ0) is 10.8. The molecule has 7 heteroatoms. The molecule has 0 unspecified atom stereocenters. The normalized spacial score (nSPS) is 27.7. The summed E-state index contributed by atoms with van der Waals surface area (Å²) in [5.74, 6) is 0. The predicted octanol–water partition coefficient (Wildman–Crippen LogP) is -1.56. The molecule has 0 spiro atoms. The maximum Gasteiger partial charge on any atom is 0.376 e. The summed E-state index contributed by atoms with van der Waals surface area (Å²) < 4.78 is 0. The van der Waals surface area contributed by atoms with Crippen LogP contribution in [0.25, 0.3) is 0 Å². The molecule has 1 rings (SSSR count). The Morgan fingerprint density at radius 1 is 1.50 bits per heavy atom. The van der Waals surface area contributed by atoms with Crippen molar-refractivity contribution >= 4 is 20.4 Å². The van der Waals surface area contributed by atoms with Crippen LogP contribution in [0, 0.1) is 0 Å². The Balaban J connectivity index is 2.61. The van der Waals surface area contributed by atoms with Gasteiger partial charge in [-0.25, -0.2) is 0 Å². The zero-order valence-corrected chi connectivity index (χ0v) is 8.60. The van der Waals surface area contributed by atoms with Gasteiger partial charge in [0, 0.05) is 6.54 Å². The standard InChI is InChI=1S/C7H16B2N2O3/c1-8(13)10-7(6-12)3-4-11(5-7)9(2)14/h6,10,13-14H,3-5H2,1-2H3/t7-/m1/s1. The molecule has 0 aromatic rings. The van der Waals surface area contributed by atoms with E-state index in [1.54, 1.807) is 18.5 Å². The van der Waals surface area contributed by atoms with Crippen LogP contribution < -0.4 is 5.23 Å². The van der Waals surface area contributed by atoms with Crippen LogP contribution >= 0.6 is 0 Å². The minimum Gasteiger partial charge on any atom is -0.437 e. The molecule has 0 saturated carbocycles. The first-order valence-electron chi connectivity index (χ1n) is 4.83. The summed E-state index contributed by atoms with van der Waals surface area (Å²) >= 11 is 0. The van der Waals surface area contributed by atoms with Crippen molar-refractivity contribution in [3.05, 3.63) is 0 Å². The lowest BCUT2D eigenvalue weighted by molar-refractivity contribution is -0.112. The predicted molar refractivity (Wildman–Crippen MR) is 55.8 cm³/mol. The summed E-state index contributed by atoms with van der Waals surface area (Å²) in [6, 6.07) is 0. The molecule has 0 aromatic carbocycles. The molecule has 1 fully saturated rings. The number of aldehydes is 1. The second-order valence-electron chi connectivity index (χ2n) is 3.95. The molecule has 14 heavy (non-hydrogen) atoms. The van der Waals surface area contributed by atoms with Gasteiger partial charge in [0.2, 0.25) is 0 Å². The molecule has 0 aliphatic carbocycles. The summed E-state index contributed by atoms with van der Waals surface area (Å²) in [5.41, 5.74) is -0.703. The fraction of sp³-hybridized carbons (Fsp3) is 0.857. The van der Waals surface area contributed by atoms with Crippen molar-refractivity contribution < 1.29 is 14.8 Å². The first-order chi connectivity index (χ1) is 6.49. The molecule has 3 N–H and O–H groups in total. The molecular weight excluding hydrogens is 182 g/mol. The third-order valence-corrected chi connectivity index (χ3v) is 2.58. The molecule has 1 atom stereocenters. The van der Waals surface area contributed by atoms with E-state index in [2.05, 4.69) is 5.23 Å². The maximum absolute atomic E-state index is 11.0. The Kier molecular flexibility index (Phi) is 3.71. The summed E-state index contributed by atoms with van der Waals surface area (Å²) in [4.78, 5) is 12.7. The van der Waals surface area contributed by atoms with Gasteiger partial charge in [0.15, 0.2) is 0 Å². The molecule has 0 bridgehead atoms. The molecule has 1 heterocycles. The molecule has 0 amide bonds. The van der Waals surface area contributed by atoms with E-state index in [4.69, 9.17) is 0 Å². The number of nitrogens with one attached hydrogen (secondary N) is 1. The third-order valence-electron chi connectivity index (χ3n) is 2.58. The summed E-state index contributed by atoms with van der Waals surface area (Å²) in [5, 5.41) is 21.3. The SMILES string of the molecule is CB(O)N[C@]1(C=O)CCN(B(C)O)C1. The zero-order valence-electron chi connectivity index (χ0n) is 8.60. The minimum absolute atomic E-state index is 0.444. The first-order valence-corrected chi connectivity index (χ1v) is 4.83. The van der Waals surface area contributed by atoms with Crippen LogP contribution in [0.3, 0.4) is 0 Å². The first kappa shape index (κ1) is 11.7. The van der Waals surface area contributed by atoms with Gasteiger partial charge in [0.05, 0.1) is 5.54 Å². The van der Waals surface area contributed by atoms with Gasteiger partial charge >= 0.3 is 14.1 Å². The highest BCUT2D eigenvalue weighted by Gasteiger charge is 2.40. The van der Waals surface area contributed by atoms with Gasteiger partial charge in [0.25, 0.3) is 0 Å². The van der Waals surface area contributed by atoms with Crippen LogP contribution in [0.1, 0.15) is 6.42 Å². The average Bonchev–Trinajstić information content (AvgIpc) is 2.49. The van der Waals surface area contributed by atoms with Gasteiger partial charge < -0.3 is 24.9 Å². The lowest BCUT2D eigenvalue weighted by atomic mass is 9.81. The molecule has 0 radical (unpaired) electrons. The van der Waals surface area contributed by atoms with Crippen molar-refractivity contribution in [3.63, 3.8) is 0 Å². The van der Waals surface area contributed by atoms with E-state index >= 15 is 0 Å². The van der Waals surface area contributed by atoms with Gasteiger partial charge in [0.1, 0.15) is 6.29 Å². The van der Waals surface area contributed by atoms with Crippen molar-refractivity contribution in [3.8, 4) is 0 Å². The van der Waals surface area contributed by atoms with Gasteiger partial charge in [-0.05, 0) is 26.6 Å². The fourth-order valence-corrected chi connectivity index (χ4v) is 1.85. The number of hydrogen-bond donors (Lipinski definition) is 3. The Morgan fingerprint density at radius 2 is 2.14 bits per heavy atom. The average molecular weight is 198 g/mol. The highest BCUT2D eigenvalue weighted by Crippen LogP contribution is 2.19. The molecule has 1 saturated heterocycles. The molecule has 0 aromatic heterocycles. The Labute approximate surface area is 84.7 Å². The van der Waals surface area contributed by atoms with Crippen LogP contribution in [0.4, 0.5) is 0 Å². The molecule has 1 aliphatic rings. The van der Waals surface area contributed by atoms with Gasteiger partial charge in [-0.3, -0.25) is 0 Å². The molecule has 78 valence electrons. The third kappa shape index (κ3) is 2.57. The summed E-state index contributed by atoms with van der Waals surface area (Å²) in [7, 11) is -1.26. The van der Waals surface area contributed by atoms with E-state index in [1.807, 2.05) is 0 Å². The molecule has 5 nitrogen and oxygen atoms in total. The number of nitrogens with zero attached hydrogens (tertiary/aromatic N) is 1. The number of hydrogen-bond acceptors (Lipinski definition) is 5. The summed E-state index contributed by atoms with van der Waals surface area (Å²) in [6.07, 6.45) is 1.44. The number of rotatable bonds is 4. The Hall–Kier alpha value is -0.360. The van der Waals surface area contributed by atoms with E-state index < -0.39 is 19.6 Å². The summed E-state index contributed by atoms with van der Waals surface area (Å²) in [6.45, 7) is 4.36. The van der Waals surface area contributed by atoms with E-state index in [9.17, 15) is 14.8 Å². The smallest absolute Gasteiger partial charge is 0.376 e. The fourth-order valence-electron chi connectivity index (χ4n) is 1.85. The van der Waals surface area contributed by atoms with Gasteiger partial charge in [-0.1, -0.05) is 0 Å². The van der Waals surface area contributed by atoms with E-state index in [-0.39, 0.29) is 0 Å². The van der Waals surface area contributed by atoms with Gasteiger partial charge in [-0.2, -0.15) is 0 Å². The molecular formula is C7H16B2N2O3. The van der Waals surface area contributed by atoms with E-state index in [0.717, 1.165) is 6.29 Å². The van der Waals surface area contributed by atoms with Crippen molar-refractivity contribution in [1.29, 1.82) is 0 Å². The topological polar surface area (TPSA) is 72.8 Å². The van der Waals surface area contributed by atoms with Crippen LogP contribution in [0.15, 0.2) is 0 Å². The van der Waals surface area contributed by atoms with Gasteiger partial charge in [-0.15, -0.1) is 0 Å². The van der Waals surface area contributed by atoms with Crippen molar-refractivity contribution in [2.24, 2.45) is 0 Å². The Bertz CT molecular complexity index is 215. The van der Waals surface area contributed by atoms with Crippen LogP contribution in [-0.4, -0.2) is 53.9 Å². The van der Waals surface area contributed by atoms with Crippen molar-refractivity contribution in [1.82, 2.24) is 10.0 Å². The lowest BCUT2D eigenvalue weighted by Crippen LogP contribution is -2.55. The largest absolute Gasteiger partial charge is 0.437 e. The second kappa shape index (κ2) is 4.44. The van der Waals surface area contributed by atoms with Crippen LogP contribution in [-0.2, 0) is 4.79 Å². The lowest BCUT2D eigenvalue weighted by Gasteiger charge is -2.25. The van der Waals surface area contributed by atoms with Crippen LogP contribution in [0.5, 0.6) is 0 Å². The highest BCUT2D eigenvalue weighted by molar-refractivity contribution is 6.46. The second-order valence-corrected chi connectivity index (χ2v) is 3.95. The number of carbonyl (C=O) groups excluding carboxylic acids is 1. The van der Waals surface area contributed by atoms with E-state index in [0.29, 0.717) is 19.5 Å². The maximum atomic E-state index is 11.0. The minimum atomic E-state index is -0.714. The van der Waals surface area contributed by atoms with Crippen molar-refractivity contribution in [2.45, 2.75) is 25.6 Å². The molecule has 1 aliphatic heterocycles. The van der Waals surface area contributed by atoms with Crippen LogP contribution in [0.2, 0.25) is 13.6 Å². The highest BCUT2D eigenvalue weighted by atomic mass is 16.2. The Morgan fingerprint density at radius 3 is 2.50 bits per heavy atom. The van der Waals surface area contributed by atoms with E-state index in [1.165, 1.54) is 0 Å². The number of carbonyl (C=O) groups is 1. The monoisotopic (exact) mass is 198 g/mol. The van der Waals surface area contributed by atoms with Crippen molar-refractivity contribution in [2.75, 3.05) is 13.1 Å².